The van der Waals surface area contributed by atoms with Crippen molar-refractivity contribution in [2.45, 2.75) is 24.9 Å². The first-order chi connectivity index (χ1) is 12.2. The third-order valence-corrected chi connectivity index (χ3v) is 4.16. The molecule has 1 aliphatic rings. The summed E-state index contributed by atoms with van der Waals surface area (Å²) in [6.45, 7) is 0.786. The summed E-state index contributed by atoms with van der Waals surface area (Å²) in [6.07, 6.45) is -0.454. The number of rotatable bonds is 2. The SMILES string of the molecule is Cn1cc(NC(=O)N2CCCC(c3ccnc(N)n3)C2)c(C(F)(F)F)n1. The largest absolute Gasteiger partial charge is 0.437 e. The number of nitrogens with two attached hydrogens (primary N) is 1. The number of aryl methyl sites for hydroxylation is 1. The highest BCUT2D eigenvalue weighted by molar-refractivity contribution is 5.90. The van der Waals surface area contributed by atoms with E-state index in [0.717, 1.165) is 17.3 Å². The number of urea groups is 1. The van der Waals surface area contributed by atoms with Crippen molar-refractivity contribution < 1.29 is 18.0 Å². The molecule has 2 aromatic rings. The Morgan fingerprint density at radius 2 is 2.19 bits per heavy atom. The van der Waals surface area contributed by atoms with Crippen molar-refractivity contribution in [1.29, 1.82) is 0 Å². The standard InChI is InChI=1S/C15H18F3N7O/c1-24-8-11(12(23-24)15(16,17)18)22-14(26)25-6-2-3-9(7-25)10-4-5-20-13(19)21-10/h4-5,8-9H,2-3,6-7H2,1H3,(H,22,26)(H2,19,20,21). The van der Waals surface area contributed by atoms with Crippen LogP contribution in [0, 0.1) is 0 Å². The highest BCUT2D eigenvalue weighted by Crippen LogP contribution is 2.34. The molecular formula is C15H18F3N7O. The van der Waals surface area contributed by atoms with Gasteiger partial charge in [-0.2, -0.15) is 18.3 Å². The number of piperidine rings is 1. The molecular weight excluding hydrogens is 351 g/mol. The van der Waals surface area contributed by atoms with E-state index in [2.05, 4.69) is 20.4 Å². The number of aromatic nitrogens is 4. The maximum Gasteiger partial charge on any atom is 0.437 e. The van der Waals surface area contributed by atoms with E-state index in [4.69, 9.17) is 5.73 Å². The van der Waals surface area contributed by atoms with Crippen LogP contribution in [-0.4, -0.2) is 43.8 Å². The molecule has 1 saturated heterocycles. The molecule has 140 valence electrons. The van der Waals surface area contributed by atoms with E-state index in [1.807, 2.05) is 0 Å². The molecule has 26 heavy (non-hydrogen) atoms. The summed E-state index contributed by atoms with van der Waals surface area (Å²) in [4.78, 5) is 21.9. The van der Waals surface area contributed by atoms with Crippen molar-refractivity contribution in [3.05, 3.63) is 29.8 Å². The van der Waals surface area contributed by atoms with Crippen molar-refractivity contribution in [3.63, 3.8) is 0 Å². The van der Waals surface area contributed by atoms with Gasteiger partial charge in [0.2, 0.25) is 5.95 Å². The lowest BCUT2D eigenvalue weighted by atomic mass is 9.95. The average molecular weight is 369 g/mol. The predicted octanol–water partition coefficient (Wildman–Crippen LogP) is 2.22. The molecule has 2 amide bonds. The van der Waals surface area contributed by atoms with Gasteiger partial charge in [0.05, 0.1) is 11.4 Å². The van der Waals surface area contributed by atoms with E-state index in [0.29, 0.717) is 25.2 Å². The van der Waals surface area contributed by atoms with Gasteiger partial charge in [-0.05, 0) is 18.9 Å². The lowest BCUT2D eigenvalue weighted by Crippen LogP contribution is -2.42. The topological polar surface area (TPSA) is 102 Å². The fourth-order valence-electron chi connectivity index (χ4n) is 3.00. The number of alkyl halides is 3. The minimum Gasteiger partial charge on any atom is -0.368 e. The Hall–Kier alpha value is -2.85. The maximum atomic E-state index is 13.0. The fraction of sp³-hybridized carbons (Fsp3) is 0.467. The average Bonchev–Trinajstić information content (AvgIpc) is 2.95. The third-order valence-electron chi connectivity index (χ3n) is 4.16. The minimum atomic E-state index is -4.65. The van der Waals surface area contributed by atoms with Crippen LogP contribution in [0.3, 0.4) is 0 Å². The third kappa shape index (κ3) is 3.86. The molecule has 0 radical (unpaired) electrons. The lowest BCUT2D eigenvalue weighted by Gasteiger charge is -2.32. The molecule has 8 nitrogen and oxygen atoms in total. The Bertz CT molecular complexity index is 805. The van der Waals surface area contributed by atoms with E-state index >= 15 is 0 Å². The van der Waals surface area contributed by atoms with Crippen LogP contribution in [0.15, 0.2) is 18.5 Å². The van der Waals surface area contributed by atoms with Crippen molar-refractivity contribution in [2.24, 2.45) is 7.05 Å². The number of carbonyl (C=O) groups excluding carboxylic acids is 1. The van der Waals surface area contributed by atoms with Crippen molar-refractivity contribution >= 4 is 17.7 Å². The molecule has 0 spiro atoms. The van der Waals surface area contributed by atoms with Crippen LogP contribution in [0.1, 0.15) is 30.1 Å². The van der Waals surface area contributed by atoms with Gasteiger partial charge in [-0.25, -0.2) is 14.8 Å². The molecule has 0 bridgehead atoms. The molecule has 0 aliphatic carbocycles. The van der Waals surface area contributed by atoms with Crippen LogP contribution >= 0.6 is 0 Å². The second kappa shape index (κ2) is 6.81. The van der Waals surface area contributed by atoms with Gasteiger partial charge in [-0.15, -0.1) is 0 Å². The molecule has 1 unspecified atom stereocenters. The zero-order valence-corrected chi connectivity index (χ0v) is 14.0. The van der Waals surface area contributed by atoms with E-state index in [1.54, 1.807) is 12.3 Å². The van der Waals surface area contributed by atoms with Crippen LogP contribution in [0.5, 0.6) is 0 Å². The molecule has 0 aromatic carbocycles. The molecule has 3 rings (SSSR count). The minimum absolute atomic E-state index is 0.0456. The van der Waals surface area contributed by atoms with Crippen LogP contribution in [-0.2, 0) is 13.2 Å². The fourth-order valence-corrected chi connectivity index (χ4v) is 3.00. The van der Waals surface area contributed by atoms with Crippen molar-refractivity contribution in [1.82, 2.24) is 24.6 Å². The molecule has 3 N–H and O–H groups in total. The quantitative estimate of drug-likeness (QED) is 0.845. The number of hydrogen-bond acceptors (Lipinski definition) is 5. The second-order valence-corrected chi connectivity index (χ2v) is 6.12. The van der Waals surface area contributed by atoms with Gasteiger partial charge in [0.1, 0.15) is 0 Å². The Morgan fingerprint density at radius 3 is 2.88 bits per heavy atom. The first-order valence-electron chi connectivity index (χ1n) is 7.99. The Labute approximate surface area is 147 Å². The van der Waals surface area contributed by atoms with Crippen molar-refractivity contribution in [2.75, 3.05) is 24.1 Å². The number of nitrogens with one attached hydrogen (secondary N) is 1. The number of likely N-dealkylation sites (tertiary alicyclic amines) is 1. The zero-order chi connectivity index (χ0) is 18.9. The van der Waals surface area contributed by atoms with Crippen LogP contribution < -0.4 is 11.1 Å². The predicted molar refractivity (Wildman–Crippen MR) is 87.2 cm³/mol. The molecule has 0 saturated carbocycles. The highest BCUT2D eigenvalue weighted by atomic mass is 19.4. The van der Waals surface area contributed by atoms with Gasteiger partial charge in [0.25, 0.3) is 0 Å². The highest BCUT2D eigenvalue weighted by Gasteiger charge is 2.38. The number of nitrogens with zero attached hydrogens (tertiary/aromatic N) is 5. The summed E-state index contributed by atoms with van der Waals surface area (Å²) in [6, 6.07) is 1.13. The molecule has 2 aromatic heterocycles. The summed E-state index contributed by atoms with van der Waals surface area (Å²) in [7, 11) is 1.36. The number of hydrogen-bond donors (Lipinski definition) is 2. The molecule has 1 atom stereocenters. The number of anilines is 2. The van der Waals surface area contributed by atoms with Gasteiger partial charge in [-0.1, -0.05) is 0 Å². The van der Waals surface area contributed by atoms with Gasteiger partial charge >= 0.3 is 12.2 Å². The first-order valence-corrected chi connectivity index (χ1v) is 7.99. The Morgan fingerprint density at radius 1 is 1.42 bits per heavy atom. The summed E-state index contributed by atoms with van der Waals surface area (Å²) >= 11 is 0. The normalized spacial score (nSPS) is 18.0. The zero-order valence-electron chi connectivity index (χ0n) is 14.0. The Balaban J connectivity index is 1.72. The Kier molecular flexibility index (Phi) is 4.70. The summed E-state index contributed by atoms with van der Waals surface area (Å²) in [5.74, 6) is 0.102. The lowest BCUT2D eigenvalue weighted by molar-refractivity contribution is -0.140. The van der Waals surface area contributed by atoms with E-state index < -0.39 is 17.9 Å². The van der Waals surface area contributed by atoms with Gasteiger partial charge in [-0.3, -0.25) is 4.68 Å². The number of amides is 2. The monoisotopic (exact) mass is 369 g/mol. The summed E-state index contributed by atoms with van der Waals surface area (Å²) in [5.41, 5.74) is 4.82. The molecule has 1 fully saturated rings. The molecule has 11 heteroatoms. The van der Waals surface area contributed by atoms with Crippen LogP contribution in [0.25, 0.3) is 0 Å². The van der Waals surface area contributed by atoms with Gasteiger partial charge in [0, 0.05) is 38.4 Å². The van der Waals surface area contributed by atoms with Crippen molar-refractivity contribution in [3.8, 4) is 0 Å². The maximum absolute atomic E-state index is 13.0. The van der Waals surface area contributed by atoms with Gasteiger partial charge in [0.15, 0.2) is 5.69 Å². The summed E-state index contributed by atoms with van der Waals surface area (Å²) < 4.78 is 40.0. The van der Waals surface area contributed by atoms with E-state index in [-0.39, 0.29) is 17.6 Å². The number of halogens is 3. The van der Waals surface area contributed by atoms with Crippen LogP contribution in [0.4, 0.5) is 29.6 Å². The van der Waals surface area contributed by atoms with Gasteiger partial charge < -0.3 is 16.0 Å². The van der Waals surface area contributed by atoms with E-state index in [9.17, 15) is 18.0 Å². The second-order valence-electron chi connectivity index (χ2n) is 6.12. The molecule has 1 aliphatic heterocycles. The number of nitrogen functional groups attached to an aromatic ring is 1. The number of carbonyl (C=O) groups is 1. The smallest absolute Gasteiger partial charge is 0.368 e. The molecule has 3 heterocycles. The first kappa shape index (κ1) is 18.0. The van der Waals surface area contributed by atoms with E-state index in [1.165, 1.54) is 11.9 Å². The van der Waals surface area contributed by atoms with Crippen LogP contribution in [0.2, 0.25) is 0 Å². The summed E-state index contributed by atoms with van der Waals surface area (Å²) in [5, 5.41) is 5.70.